The highest BCUT2D eigenvalue weighted by atomic mass is 35.5. The van der Waals surface area contributed by atoms with E-state index < -0.39 is 10.0 Å². The molecule has 144 valence electrons. The van der Waals surface area contributed by atoms with E-state index in [1.165, 1.54) is 25.3 Å². The molecule has 0 unspecified atom stereocenters. The SMILES string of the molecule is COc1ccc(S(=O)(=O)NCc2ccc(Cl)cc2)cc1C(=O)N1CCCC1. The van der Waals surface area contributed by atoms with Crippen LogP contribution >= 0.6 is 11.6 Å². The van der Waals surface area contributed by atoms with Crippen LogP contribution in [0.2, 0.25) is 5.02 Å². The fourth-order valence-corrected chi connectivity index (χ4v) is 4.15. The van der Waals surface area contributed by atoms with Gasteiger partial charge in [0.2, 0.25) is 10.0 Å². The summed E-state index contributed by atoms with van der Waals surface area (Å²) in [6, 6.07) is 11.2. The lowest BCUT2D eigenvalue weighted by Crippen LogP contribution is -2.29. The molecule has 0 atom stereocenters. The van der Waals surface area contributed by atoms with E-state index in [0.717, 1.165) is 18.4 Å². The van der Waals surface area contributed by atoms with Gasteiger partial charge in [-0.15, -0.1) is 0 Å². The average Bonchev–Trinajstić information content (AvgIpc) is 3.21. The number of sulfonamides is 1. The number of hydrogen-bond acceptors (Lipinski definition) is 4. The normalized spacial score (nSPS) is 14.4. The smallest absolute Gasteiger partial charge is 0.257 e. The van der Waals surface area contributed by atoms with Crippen LogP contribution in [0.4, 0.5) is 0 Å². The minimum Gasteiger partial charge on any atom is -0.496 e. The van der Waals surface area contributed by atoms with Crippen LogP contribution < -0.4 is 9.46 Å². The molecule has 1 fully saturated rings. The number of hydrogen-bond donors (Lipinski definition) is 1. The highest BCUT2D eigenvalue weighted by Crippen LogP contribution is 2.25. The molecule has 0 saturated carbocycles. The molecule has 0 spiro atoms. The second kappa shape index (κ2) is 8.29. The van der Waals surface area contributed by atoms with Crippen molar-refractivity contribution in [2.45, 2.75) is 24.3 Å². The Morgan fingerprint density at radius 3 is 2.44 bits per heavy atom. The zero-order chi connectivity index (χ0) is 19.4. The van der Waals surface area contributed by atoms with Gasteiger partial charge in [0.25, 0.3) is 5.91 Å². The second-order valence-corrected chi connectivity index (χ2v) is 8.52. The quantitative estimate of drug-likeness (QED) is 0.797. The monoisotopic (exact) mass is 408 g/mol. The lowest BCUT2D eigenvalue weighted by atomic mass is 10.1. The van der Waals surface area contributed by atoms with Crippen LogP contribution in [0.15, 0.2) is 47.4 Å². The van der Waals surface area contributed by atoms with E-state index in [9.17, 15) is 13.2 Å². The second-order valence-electron chi connectivity index (χ2n) is 6.31. The van der Waals surface area contributed by atoms with E-state index in [2.05, 4.69) is 4.72 Å². The number of amides is 1. The minimum absolute atomic E-state index is 0.0276. The van der Waals surface area contributed by atoms with Crippen molar-refractivity contribution in [1.29, 1.82) is 0 Å². The zero-order valence-electron chi connectivity index (χ0n) is 14.9. The van der Waals surface area contributed by atoms with E-state index in [1.54, 1.807) is 29.2 Å². The maximum absolute atomic E-state index is 12.7. The van der Waals surface area contributed by atoms with Gasteiger partial charge < -0.3 is 9.64 Å². The lowest BCUT2D eigenvalue weighted by Gasteiger charge is -2.18. The molecule has 0 aromatic heterocycles. The number of carbonyl (C=O) groups is 1. The molecule has 1 saturated heterocycles. The van der Waals surface area contributed by atoms with Crippen molar-refractivity contribution in [2.24, 2.45) is 0 Å². The first-order valence-corrected chi connectivity index (χ1v) is 10.5. The molecule has 8 heteroatoms. The Labute approximate surface area is 164 Å². The molecule has 0 bridgehead atoms. The maximum Gasteiger partial charge on any atom is 0.257 e. The Morgan fingerprint density at radius 1 is 1.15 bits per heavy atom. The first-order valence-electron chi connectivity index (χ1n) is 8.62. The Kier molecular flexibility index (Phi) is 6.04. The summed E-state index contributed by atoms with van der Waals surface area (Å²) >= 11 is 5.84. The van der Waals surface area contributed by atoms with Crippen molar-refractivity contribution < 1.29 is 17.9 Å². The van der Waals surface area contributed by atoms with Crippen LogP contribution in [0.1, 0.15) is 28.8 Å². The number of rotatable bonds is 6. The molecular formula is C19H21ClN2O4S. The molecule has 1 amide bonds. The van der Waals surface area contributed by atoms with E-state index >= 15 is 0 Å². The van der Waals surface area contributed by atoms with Crippen LogP contribution in [0.3, 0.4) is 0 Å². The van der Waals surface area contributed by atoms with Gasteiger partial charge in [0.15, 0.2) is 0 Å². The van der Waals surface area contributed by atoms with Gasteiger partial charge in [0.05, 0.1) is 17.6 Å². The number of methoxy groups -OCH3 is 1. The largest absolute Gasteiger partial charge is 0.496 e. The molecule has 1 N–H and O–H groups in total. The Morgan fingerprint density at radius 2 is 1.81 bits per heavy atom. The summed E-state index contributed by atoms with van der Waals surface area (Å²) in [5, 5.41) is 0.585. The first-order chi connectivity index (χ1) is 12.9. The summed E-state index contributed by atoms with van der Waals surface area (Å²) in [6.07, 6.45) is 1.91. The molecule has 0 radical (unpaired) electrons. The zero-order valence-corrected chi connectivity index (χ0v) is 16.5. The van der Waals surface area contributed by atoms with E-state index in [1.807, 2.05) is 0 Å². The number of benzene rings is 2. The van der Waals surface area contributed by atoms with E-state index in [4.69, 9.17) is 16.3 Å². The highest BCUT2D eigenvalue weighted by Gasteiger charge is 2.25. The van der Waals surface area contributed by atoms with Crippen LogP contribution in [0.5, 0.6) is 5.75 Å². The number of nitrogens with one attached hydrogen (secondary N) is 1. The molecule has 6 nitrogen and oxygen atoms in total. The molecule has 1 aliphatic rings. The number of carbonyl (C=O) groups excluding carboxylic acids is 1. The standard InChI is InChI=1S/C19H21ClN2O4S/c1-26-18-9-8-16(12-17(18)19(23)22-10-2-3-11-22)27(24,25)21-13-14-4-6-15(20)7-5-14/h4-9,12,21H,2-3,10-11,13H2,1H3. The third-order valence-electron chi connectivity index (χ3n) is 4.48. The molecule has 2 aromatic rings. The van der Waals surface area contributed by atoms with Gasteiger partial charge in [0, 0.05) is 24.7 Å². The van der Waals surface area contributed by atoms with Gasteiger partial charge >= 0.3 is 0 Å². The van der Waals surface area contributed by atoms with Crippen molar-refractivity contribution >= 4 is 27.5 Å². The highest BCUT2D eigenvalue weighted by molar-refractivity contribution is 7.89. The Bertz CT molecular complexity index is 923. The summed E-state index contributed by atoms with van der Waals surface area (Å²) < 4.78 is 33.1. The third-order valence-corrected chi connectivity index (χ3v) is 6.14. The molecule has 3 rings (SSSR count). The average molecular weight is 409 g/mol. The van der Waals surface area contributed by atoms with Crippen molar-refractivity contribution in [2.75, 3.05) is 20.2 Å². The van der Waals surface area contributed by atoms with Gasteiger partial charge in [-0.05, 0) is 48.7 Å². The Balaban J connectivity index is 1.83. The summed E-state index contributed by atoms with van der Waals surface area (Å²) in [5.41, 5.74) is 1.04. The summed E-state index contributed by atoms with van der Waals surface area (Å²) in [7, 11) is -2.32. The minimum atomic E-state index is -3.78. The van der Waals surface area contributed by atoms with E-state index in [0.29, 0.717) is 23.9 Å². The summed E-state index contributed by atoms with van der Waals surface area (Å²) in [5.74, 6) is 0.155. The predicted molar refractivity (Wildman–Crippen MR) is 104 cm³/mol. The van der Waals surface area contributed by atoms with Crippen molar-refractivity contribution in [1.82, 2.24) is 9.62 Å². The van der Waals surface area contributed by atoms with Crippen LogP contribution in [0.25, 0.3) is 0 Å². The van der Waals surface area contributed by atoms with Gasteiger partial charge in [-0.3, -0.25) is 4.79 Å². The first kappa shape index (κ1) is 19.7. The van der Waals surface area contributed by atoms with Crippen molar-refractivity contribution in [3.05, 3.63) is 58.6 Å². The number of nitrogens with zero attached hydrogens (tertiary/aromatic N) is 1. The van der Waals surface area contributed by atoms with Crippen LogP contribution in [0, 0.1) is 0 Å². The summed E-state index contributed by atoms with van der Waals surface area (Å²) in [4.78, 5) is 14.5. The molecule has 27 heavy (non-hydrogen) atoms. The fourth-order valence-electron chi connectivity index (χ4n) is 2.98. The number of halogens is 1. The maximum atomic E-state index is 12.7. The molecule has 0 aliphatic carbocycles. The van der Waals surface area contributed by atoms with Crippen LogP contribution in [-0.4, -0.2) is 39.4 Å². The molecule has 2 aromatic carbocycles. The fraction of sp³-hybridized carbons (Fsp3) is 0.316. The molecule has 1 aliphatic heterocycles. The van der Waals surface area contributed by atoms with Gasteiger partial charge in [-0.1, -0.05) is 23.7 Å². The van der Waals surface area contributed by atoms with Crippen LogP contribution in [-0.2, 0) is 16.6 Å². The predicted octanol–water partition coefficient (Wildman–Crippen LogP) is 3.06. The number of likely N-dealkylation sites (tertiary alicyclic amines) is 1. The number of ether oxygens (including phenoxy) is 1. The van der Waals surface area contributed by atoms with E-state index in [-0.39, 0.29) is 22.9 Å². The van der Waals surface area contributed by atoms with Gasteiger partial charge in [-0.25, -0.2) is 13.1 Å². The van der Waals surface area contributed by atoms with Crippen molar-refractivity contribution in [3.8, 4) is 5.75 Å². The summed E-state index contributed by atoms with van der Waals surface area (Å²) in [6.45, 7) is 1.47. The molecule has 1 heterocycles. The van der Waals surface area contributed by atoms with Gasteiger partial charge in [-0.2, -0.15) is 0 Å². The topological polar surface area (TPSA) is 75.7 Å². The third kappa shape index (κ3) is 4.61. The van der Waals surface area contributed by atoms with Gasteiger partial charge in [0.1, 0.15) is 5.75 Å². The van der Waals surface area contributed by atoms with Crippen molar-refractivity contribution in [3.63, 3.8) is 0 Å². The molecular weight excluding hydrogens is 388 g/mol. The lowest BCUT2D eigenvalue weighted by molar-refractivity contribution is 0.0789. The Hall–Kier alpha value is -2.09.